The van der Waals surface area contributed by atoms with Crippen LogP contribution in [0.25, 0.3) is 0 Å². The number of carbonyl (C=O) groups is 2. The fraction of sp³-hybridized carbons (Fsp3) is 0.833. The van der Waals surface area contributed by atoms with Crippen LogP contribution in [0.5, 0.6) is 0 Å². The molecule has 1 unspecified atom stereocenters. The Kier molecular flexibility index (Phi) is 5.94. The molecule has 1 heterocycles. The van der Waals surface area contributed by atoms with Gasteiger partial charge in [-0.25, -0.2) is 12.7 Å². The predicted octanol–water partition coefficient (Wildman–Crippen LogP) is 0.0275. The maximum absolute atomic E-state index is 11.9. The van der Waals surface area contributed by atoms with Crippen molar-refractivity contribution in [3.05, 3.63) is 0 Å². The highest BCUT2D eigenvalue weighted by Crippen LogP contribution is 2.15. The summed E-state index contributed by atoms with van der Waals surface area (Å²) in [6.45, 7) is 3.89. The number of rotatable bonds is 6. The van der Waals surface area contributed by atoms with Crippen LogP contribution in [0.15, 0.2) is 0 Å². The monoisotopic (exact) mass is 306 g/mol. The van der Waals surface area contributed by atoms with Crippen molar-refractivity contribution in [2.75, 3.05) is 18.8 Å². The van der Waals surface area contributed by atoms with Crippen molar-refractivity contribution in [2.24, 2.45) is 5.92 Å². The SMILES string of the molecule is CCCS(=O)(=O)N1CCC(NC(=O)C(C)C(=O)O)CC1. The molecule has 116 valence electrons. The lowest BCUT2D eigenvalue weighted by molar-refractivity contribution is -0.146. The molecule has 1 rings (SSSR count). The first-order chi connectivity index (χ1) is 9.27. The molecular formula is C12H22N2O5S. The molecule has 0 saturated carbocycles. The van der Waals surface area contributed by atoms with Gasteiger partial charge in [0.2, 0.25) is 15.9 Å². The molecule has 0 aliphatic carbocycles. The molecule has 0 aromatic heterocycles. The van der Waals surface area contributed by atoms with Crippen molar-refractivity contribution in [2.45, 2.75) is 39.2 Å². The van der Waals surface area contributed by atoms with Gasteiger partial charge in [0.05, 0.1) is 5.75 Å². The summed E-state index contributed by atoms with van der Waals surface area (Å²) in [6.07, 6.45) is 1.61. The first-order valence-corrected chi connectivity index (χ1v) is 8.40. The zero-order valence-corrected chi connectivity index (χ0v) is 12.6. The Labute approximate surface area is 119 Å². The maximum Gasteiger partial charge on any atom is 0.315 e. The Morgan fingerprint density at radius 1 is 1.35 bits per heavy atom. The molecule has 2 N–H and O–H groups in total. The highest BCUT2D eigenvalue weighted by molar-refractivity contribution is 7.89. The molecular weight excluding hydrogens is 284 g/mol. The summed E-state index contributed by atoms with van der Waals surface area (Å²) in [5.74, 6) is -2.63. The first kappa shape index (κ1) is 16.9. The number of hydrogen-bond donors (Lipinski definition) is 2. The second-order valence-corrected chi connectivity index (χ2v) is 7.15. The second kappa shape index (κ2) is 7.03. The fourth-order valence-electron chi connectivity index (χ4n) is 2.10. The number of amides is 1. The number of nitrogens with one attached hydrogen (secondary N) is 1. The van der Waals surface area contributed by atoms with Gasteiger partial charge < -0.3 is 10.4 Å². The minimum atomic E-state index is -3.19. The Morgan fingerprint density at radius 3 is 2.35 bits per heavy atom. The number of nitrogens with zero attached hydrogens (tertiary/aromatic N) is 1. The highest BCUT2D eigenvalue weighted by Gasteiger charge is 2.29. The molecule has 8 heteroatoms. The molecule has 1 atom stereocenters. The maximum atomic E-state index is 11.9. The van der Waals surface area contributed by atoms with E-state index >= 15 is 0 Å². The lowest BCUT2D eigenvalue weighted by Crippen LogP contribution is -2.48. The number of hydrogen-bond acceptors (Lipinski definition) is 4. The third-order valence-electron chi connectivity index (χ3n) is 3.42. The van der Waals surface area contributed by atoms with Gasteiger partial charge in [-0.15, -0.1) is 0 Å². The Balaban J connectivity index is 2.47. The van der Waals surface area contributed by atoms with Crippen molar-refractivity contribution in [1.29, 1.82) is 0 Å². The van der Waals surface area contributed by atoms with E-state index in [9.17, 15) is 18.0 Å². The van der Waals surface area contributed by atoms with Crippen LogP contribution in [0.4, 0.5) is 0 Å². The topological polar surface area (TPSA) is 104 Å². The van der Waals surface area contributed by atoms with Crippen molar-refractivity contribution in [1.82, 2.24) is 9.62 Å². The standard InChI is InChI=1S/C12H22N2O5S/c1-3-8-20(18,19)14-6-4-10(5-7-14)13-11(15)9(2)12(16)17/h9-10H,3-8H2,1-2H3,(H,13,15)(H,16,17). The lowest BCUT2D eigenvalue weighted by Gasteiger charge is -2.31. The van der Waals surface area contributed by atoms with Gasteiger partial charge in [0.1, 0.15) is 5.92 Å². The van der Waals surface area contributed by atoms with E-state index in [0.717, 1.165) is 0 Å². The van der Waals surface area contributed by atoms with Gasteiger partial charge in [-0.3, -0.25) is 9.59 Å². The van der Waals surface area contributed by atoms with E-state index in [1.807, 2.05) is 6.92 Å². The van der Waals surface area contributed by atoms with E-state index in [2.05, 4.69) is 5.32 Å². The zero-order valence-electron chi connectivity index (χ0n) is 11.8. The van der Waals surface area contributed by atoms with E-state index in [-0.39, 0.29) is 11.8 Å². The quantitative estimate of drug-likeness (QED) is 0.674. The van der Waals surface area contributed by atoms with Gasteiger partial charge in [0.15, 0.2) is 0 Å². The number of carbonyl (C=O) groups excluding carboxylic acids is 1. The fourth-order valence-corrected chi connectivity index (χ4v) is 3.64. The average molecular weight is 306 g/mol. The number of sulfonamides is 1. The number of aliphatic carboxylic acids is 1. The van der Waals surface area contributed by atoms with Crippen LogP contribution >= 0.6 is 0 Å². The third-order valence-corrected chi connectivity index (χ3v) is 5.50. The Hall–Kier alpha value is -1.15. The molecule has 1 aliphatic rings. The second-order valence-electron chi connectivity index (χ2n) is 5.06. The largest absolute Gasteiger partial charge is 0.481 e. The van der Waals surface area contributed by atoms with Crippen LogP contribution in [-0.2, 0) is 19.6 Å². The van der Waals surface area contributed by atoms with Gasteiger partial charge in [-0.05, 0) is 26.2 Å². The summed E-state index contributed by atoms with van der Waals surface area (Å²) in [4.78, 5) is 22.3. The van der Waals surface area contributed by atoms with E-state index in [0.29, 0.717) is 32.4 Å². The Bertz CT molecular complexity index is 454. The van der Waals surface area contributed by atoms with E-state index in [1.54, 1.807) is 0 Å². The lowest BCUT2D eigenvalue weighted by atomic mass is 10.1. The molecule has 0 aromatic carbocycles. The number of piperidine rings is 1. The summed E-state index contributed by atoms with van der Waals surface area (Å²) in [5, 5.41) is 11.4. The van der Waals surface area contributed by atoms with Crippen LogP contribution in [0.2, 0.25) is 0 Å². The first-order valence-electron chi connectivity index (χ1n) is 6.79. The smallest absolute Gasteiger partial charge is 0.315 e. The predicted molar refractivity (Wildman–Crippen MR) is 73.6 cm³/mol. The third kappa shape index (κ3) is 4.45. The normalized spacial score (nSPS) is 19.5. The molecule has 1 saturated heterocycles. The summed E-state index contributed by atoms with van der Waals surface area (Å²) >= 11 is 0. The summed E-state index contributed by atoms with van der Waals surface area (Å²) in [6, 6.07) is -0.155. The van der Waals surface area contributed by atoms with Gasteiger partial charge in [0, 0.05) is 19.1 Å². The van der Waals surface area contributed by atoms with Gasteiger partial charge in [-0.1, -0.05) is 6.92 Å². The van der Waals surface area contributed by atoms with Gasteiger partial charge in [-0.2, -0.15) is 0 Å². The molecule has 20 heavy (non-hydrogen) atoms. The molecule has 1 fully saturated rings. The highest BCUT2D eigenvalue weighted by atomic mass is 32.2. The van der Waals surface area contributed by atoms with Crippen LogP contribution in [0, 0.1) is 5.92 Å². The summed E-state index contributed by atoms with van der Waals surface area (Å²) in [5.41, 5.74) is 0. The minimum Gasteiger partial charge on any atom is -0.481 e. The van der Waals surface area contributed by atoms with Crippen LogP contribution in [0.3, 0.4) is 0 Å². The van der Waals surface area contributed by atoms with Crippen molar-refractivity contribution >= 4 is 21.9 Å². The molecule has 0 spiro atoms. The summed E-state index contributed by atoms with van der Waals surface area (Å²) < 4.78 is 25.2. The van der Waals surface area contributed by atoms with Crippen LogP contribution in [0.1, 0.15) is 33.1 Å². The minimum absolute atomic E-state index is 0.139. The van der Waals surface area contributed by atoms with Crippen molar-refractivity contribution < 1.29 is 23.1 Å². The molecule has 0 bridgehead atoms. The number of carboxylic acids is 1. The van der Waals surface area contributed by atoms with E-state index < -0.39 is 27.8 Å². The van der Waals surface area contributed by atoms with Crippen molar-refractivity contribution in [3.8, 4) is 0 Å². The molecule has 0 radical (unpaired) electrons. The van der Waals surface area contributed by atoms with Crippen LogP contribution < -0.4 is 5.32 Å². The zero-order chi connectivity index (χ0) is 15.3. The van der Waals surface area contributed by atoms with Crippen molar-refractivity contribution in [3.63, 3.8) is 0 Å². The molecule has 1 aliphatic heterocycles. The average Bonchev–Trinajstić information content (AvgIpc) is 2.38. The molecule has 7 nitrogen and oxygen atoms in total. The van der Waals surface area contributed by atoms with E-state index in [1.165, 1.54) is 11.2 Å². The van der Waals surface area contributed by atoms with Gasteiger partial charge in [0.25, 0.3) is 0 Å². The van der Waals surface area contributed by atoms with Crippen LogP contribution in [-0.4, -0.2) is 54.6 Å². The molecule has 0 aromatic rings. The van der Waals surface area contributed by atoms with E-state index in [4.69, 9.17) is 5.11 Å². The molecule has 1 amide bonds. The number of carboxylic acid groups (broad SMARTS) is 1. The Morgan fingerprint density at radius 2 is 1.90 bits per heavy atom. The summed E-state index contributed by atoms with van der Waals surface area (Å²) in [7, 11) is -3.19. The van der Waals surface area contributed by atoms with Gasteiger partial charge >= 0.3 is 5.97 Å².